The van der Waals surface area contributed by atoms with Crippen LogP contribution in [-0.4, -0.2) is 16.8 Å². The minimum Gasteiger partial charge on any atom is -0.489 e. The van der Waals surface area contributed by atoms with E-state index in [4.69, 9.17) is 9.84 Å². The maximum absolute atomic E-state index is 11.5. The summed E-state index contributed by atoms with van der Waals surface area (Å²) in [4.78, 5) is 11.1. The van der Waals surface area contributed by atoms with E-state index in [0.29, 0.717) is 17.9 Å². The first-order chi connectivity index (χ1) is 12.7. The Morgan fingerprint density at radius 3 is 2.38 bits per heavy atom. The Kier molecular flexibility index (Phi) is 5.46. The number of nitro benzene ring substituents is 1. The number of rotatable bonds is 7. The molecule has 0 aliphatic carbocycles. The zero-order valence-electron chi connectivity index (χ0n) is 14.0. The van der Waals surface area contributed by atoms with Gasteiger partial charge in [-0.2, -0.15) is 0 Å². The minimum absolute atomic E-state index is 0.0153. The molecule has 0 bridgehead atoms. The van der Waals surface area contributed by atoms with Crippen molar-refractivity contribution in [2.75, 3.05) is 12.0 Å². The highest BCUT2D eigenvalue weighted by molar-refractivity contribution is 5.75. The van der Waals surface area contributed by atoms with Gasteiger partial charge in [0.05, 0.1) is 16.6 Å². The molecular formula is C20H18N2O4. The molecule has 0 saturated carbocycles. The number of hydrogen-bond donors (Lipinski definition) is 2. The highest BCUT2D eigenvalue weighted by Gasteiger charge is 2.17. The Labute approximate surface area is 150 Å². The minimum atomic E-state index is -0.412. The van der Waals surface area contributed by atoms with Crippen molar-refractivity contribution in [2.24, 2.45) is 0 Å². The smallest absolute Gasteiger partial charge is 0.280 e. The SMILES string of the molecule is O=[N+]([O-])c1cc(OCc2ccccc2)ccc1-c1ccc(NCO)cc1. The molecule has 0 aromatic heterocycles. The number of aliphatic hydroxyl groups excluding tert-OH is 1. The van der Waals surface area contributed by atoms with E-state index in [-0.39, 0.29) is 12.4 Å². The van der Waals surface area contributed by atoms with E-state index in [2.05, 4.69) is 5.32 Å². The number of nitro groups is 1. The summed E-state index contributed by atoms with van der Waals surface area (Å²) >= 11 is 0. The number of nitrogens with one attached hydrogen (secondary N) is 1. The van der Waals surface area contributed by atoms with Gasteiger partial charge in [-0.05, 0) is 35.4 Å². The molecule has 0 atom stereocenters. The zero-order chi connectivity index (χ0) is 18.4. The van der Waals surface area contributed by atoms with Crippen LogP contribution in [0.25, 0.3) is 11.1 Å². The first-order valence-corrected chi connectivity index (χ1v) is 8.07. The third-order valence-corrected chi connectivity index (χ3v) is 3.89. The molecule has 3 rings (SSSR count). The van der Waals surface area contributed by atoms with Crippen LogP contribution >= 0.6 is 0 Å². The largest absolute Gasteiger partial charge is 0.489 e. The molecule has 26 heavy (non-hydrogen) atoms. The summed E-state index contributed by atoms with van der Waals surface area (Å²) in [6, 6.07) is 21.5. The topological polar surface area (TPSA) is 84.6 Å². The summed E-state index contributed by atoms with van der Waals surface area (Å²) in [5, 5.41) is 23.1. The van der Waals surface area contributed by atoms with Crippen molar-refractivity contribution in [3.8, 4) is 16.9 Å². The Morgan fingerprint density at radius 2 is 1.73 bits per heavy atom. The Hall–Kier alpha value is -3.38. The Bertz CT molecular complexity index is 880. The lowest BCUT2D eigenvalue weighted by atomic mass is 10.0. The van der Waals surface area contributed by atoms with Crippen molar-refractivity contribution < 1.29 is 14.8 Å². The quantitative estimate of drug-likeness (QED) is 0.379. The highest BCUT2D eigenvalue weighted by atomic mass is 16.6. The summed E-state index contributed by atoms with van der Waals surface area (Å²) in [5.74, 6) is 0.447. The Morgan fingerprint density at radius 1 is 1.00 bits per heavy atom. The fourth-order valence-corrected chi connectivity index (χ4v) is 2.60. The molecule has 0 saturated heterocycles. The van der Waals surface area contributed by atoms with Gasteiger partial charge in [-0.1, -0.05) is 42.5 Å². The standard InChI is InChI=1S/C20H18N2O4/c23-14-21-17-8-6-16(7-9-17)19-11-10-18(12-20(19)22(24)25)26-13-15-4-2-1-3-5-15/h1-12,21,23H,13-14H2. The molecular weight excluding hydrogens is 332 g/mol. The molecule has 6 nitrogen and oxygen atoms in total. The van der Waals surface area contributed by atoms with Gasteiger partial charge in [-0.3, -0.25) is 10.1 Å². The van der Waals surface area contributed by atoms with E-state index in [0.717, 1.165) is 16.8 Å². The van der Waals surface area contributed by atoms with Crippen molar-refractivity contribution in [3.63, 3.8) is 0 Å². The van der Waals surface area contributed by atoms with Crippen LogP contribution in [0.2, 0.25) is 0 Å². The van der Waals surface area contributed by atoms with Crippen LogP contribution in [0, 0.1) is 10.1 Å². The van der Waals surface area contributed by atoms with Gasteiger partial charge in [0.1, 0.15) is 19.1 Å². The van der Waals surface area contributed by atoms with E-state index in [1.807, 2.05) is 30.3 Å². The molecule has 0 unspecified atom stereocenters. The van der Waals surface area contributed by atoms with Crippen LogP contribution in [0.1, 0.15) is 5.56 Å². The highest BCUT2D eigenvalue weighted by Crippen LogP contribution is 2.34. The van der Waals surface area contributed by atoms with Crippen LogP contribution in [0.5, 0.6) is 5.75 Å². The summed E-state index contributed by atoms with van der Waals surface area (Å²) in [7, 11) is 0. The van der Waals surface area contributed by atoms with Gasteiger partial charge < -0.3 is 15.2 Å². The number of aliphatic hydroxyl groups is 1. The lowest BCUT2D eigenvalue weighted by Crippen LogP contribution is -1.99. The Balaban J connectivity index is 1.83. The molecule has 0 fully saturated rings. The second-order valence-electron chi connectivity index (χ2n) is 5.62. The maximum atomic E-state index is 11.5. The van der Waals surface area contributed by atoms with E-state index < -0.39 is 4.92 Å². The molecule has 2 N–H and O–H groups in total. The van der Waals surface area contributed by atoms with Crippen molar-refractivity contribution in [1.82, 2.24) is 0 Å². The molecule has 0 radical (unpaired) electrons. The van der Waals surface area contributed by atoms with Crippen molar-refractivity contribution in [1.29, 1.82) is 0 Å². The first-order valence-electron chi connectivity index (χ1n) is 8.07. The van der Waals surface area contributed by atoms with Gasteiger partial charge in [-0.15, -0.1) is 0 Å². The predicted molar refractivity (Wildman–Crippen MR) is 100 cm³/mol. The van der Waals surface area contributed by atoms with E-state index in [1.165, 1.54) is 6.07 Å². The first kappa shape index (κ1) is 17.4. The molecule has 132 valence electrons. The molecule has 0 amide bonds. The van der Waals surface area contributed by atoms with Crippen LogP contribution in [-0.2, 0) is 6.61 Å². The average Bonchev–Trinajstić information content (AvgIpc) is 2.68. The van der Waals surface area contributed by atoms with Gasteiger partial charge in [-0.25, -0.2) is 0 Å². The number of benzene rings is 3. The maximum Gasteiger partial charge on any atom is 0.280 e. The lowest BCUT2D eigenvalue weighted by Gasteiger charge is -2.09. The van der Waals surface area contributed by atoms with Gasteiger partial charge in [0, 0.05) is 5.69 Å². The second kappa shape index (κ2) is 8.13. The van der Waals surface area contributed by atoms with Crippen LogP contribution in [0.3, 0.4) is 0 Å². The van der Waals surface area contributed by atoms with Crippen LogP contribution in [0.4, 0.5) is 11.4 Å². The van der Waals surface area contributed by atoms with E-state index >= 15 is 0 Å². The van der Waals surface area contributed by atoms with Crippen molar-refractivity contribution in [3.05, 3.63) is 88.5 Å². The van der Waals surface area contributed by atoms with E-state index in [1.54, 1.807) is 36.4 Å². The molecule has 6 heteroatoms. The molecule has 0 aliphatic heterocycles. The fourth-order valence-electron chi connectivity index (χ4n) is 2.60. The molecule has 3 aromatic carbocycles. The van der Waals surface area contributed by atoms with E-state index in [9.17, 15) is 10.1 Å². The molecule has 0 heterocycles. The summed E-state index contributed by atoms with van der Waals surface area (Å²) in [5.41, 5.74) is 2.94. The zero-order valence-corrected chi connectivity index (χ0v) is 14.0. The molecule has 0 aliphatic rings. The van der Waals surface area contributed by atoms with Gasteiger partial charge in [0.25, 0.3) is 5.69 Å². The summed E-state index contributed by atoms with van der Waals surface area (Å²) < 4.78 is 5.68. The molecule has 0 spiro atoms. The predicted octanol–water partition coefficient (Wildman–Crippen LogP) is 4.20. The summed E-state index contributed by atoms with van der Waals surface area (Å²) in [6.45, 7) is 0.172. The normalized spacial score (nSPS) is 10.3. The average molecular weight is 350 g/mol. The van der Waals surface area contributed by atoms with Gasteiger partial charge in [0.2, 0.25) is 0 Å². The summed E-state index contributed by atoms with van der Waals surface area (Å²) in [6.07, 6.45) is 0. The lowest BCUT2D eigenvalue weighted by molar-refractivity contribution is -0.384. The van der Waals surface area contributed by atoms with Crippen molar-refractivity contribution in [2.45, 2.75) is 6.61 Å². The third-order valence-electron chi connectivity index (χ3n) is 3.89. The second-order valence-corrected chi connectivity index (χ2v) is 5.62. The monoisotopic (exact) mass is 350 g/mol. The van der Waals surface area contributed by atoms with Crippen molar-refractivity contribution >= 4 is 11.4 Å². The third kappa shape index (κ3) is 4.17. The fraction of sp³-hybridized carbons (Fsp3) is 0.100. The number of anilines is 1. The van der Waals surface area contributed by atoms with Crippen LogP contribution in [0.15, 0.2) is 72.8 Å². The number of ether oxygens (including phenoxy) is 1. The number of nitrogens with zero attached hydrogens (tertiary/aromatic N) is 1. The van der Waals surface area contributed by atoms with Gasteiger partial charge in [0.15, 0.2) is 0 Å². The van der Waals surface area contributed by atoms with Gasteiger partial charge >= 0.3 is 0 Å². The van der Waals surface area contributed by atoms with Crippen LogP contribution < -0.4 is 10.1 Å². The number of hydrogen-bond acceptors (Lipinski definition) is 5. The molecule has 3 aromatic rings.